The molecule has 24 heavy (non-hydrogen) atoms. The van der Waals surface area contributed by atoms with E-state index in [1.165, 1.54) is 0 Å². The van der Waals surface area contributed by atoms with E-state index in [1.54, 1.807) is 11.8 Å². The predicted molar refractivity (Wildman–Crippen MR) is 93.6 cm³/mol. The van der Waals surface area contributed by atoms with Gasteiger partial charge >= 0.3 is 7.52 Å². The lowest BCUT2D eigenvalue weighted by Gasteiger charge is -2.40. The first kappa shape index (κ1) is 15.4. The zero-order valence-electron chi connectivity index (χ0n) is 13.5. The number of nitrogens with zero attached hydrogens (tertiary/aromatic N) is 2. The summed E-state index contributed by atoms with van der Waals surface area (Å²) in [5.41, 5.74) is 1.94. The Morgan fingerprint density at radius 1 is 0.958 bits per heavy atom. The van der Waals surface area contributed by atoms with Crippen molar-refractivity contribution in [1.29, 1.82) is 0 Å². The lowest BCUT2D eigenvalue weighted by atomic mass is 10.0. The summed E-state index contributed by atoms with van der Waals surface area (Å²) in [7, 11) is -3.17. The highest BCUT2D eigenvalue weighted by Crippen LogP contribution is 2.56. The van der Waals surface area contributed by atoms with E-state index in [4.69, 9.17) is 4.52 Å². The monoisotopic (exact) mass is 342 g/mol. The quantitative estimate of drug-likeness (QED) is 0.748. The molecule has 1 atom stereocenters. The first-order valence-electron chi connectivity index (χ1n) is 8.09. The minimum atomic E-state index is -3.17. The first-order valence-corrected chi connectivity index (χ1v) is 9.67. The van der Waals surface area contributed by atoms with Crippen molar-refractivity contribution >= 4 is 18.7 Å². The number of carbonyl (C=O) groups is 1. The number of hydrogen-bond acceptors (Lipinski definition) is 3. The molecule has 0 aromatic heterocycles. The lowest BCUT2D eigenvalue weighted by molar-refractivity contribution is -0.130. The maximum atomic E-state index is 13.9. The fraction of sp³-hybridized carbons (Fsp3) is 0.278. The number of benzene rings is 2. The third-order valence-corrected chi connectivity index (χ3v) is 7.27. The fourth-order valence-electron chi connectivity index (χ4n) is 3.38. The van der Waals surface area contributed by atoms with Crippen LogP contribution in [0.25, 0.3) is 11.1 Å². The van der Waals surface area contributed by atoms with E-state index in [0.29, 0.717) is 31.9 Å². The second-order valence-electron chi connectivity index (χ2n) is 6.08. The summed E-state index contributed by atoms with van der Waals surface area (Å²) in [6.07, 6.45) is 0. The van der Waals surface area contributed by atoms with Gasteiger partial charge in [-0.3, -0.25) is 9.36 Å². The molecule has 2 aromatic rings. The Kier molecular flexibility index (Phi) is 3.70. The van der Waals surface area contributed by atoms with Crippen LogP contribution in [-0.2, 0) is 9.36 Å². The molecule has 5 nitrogen and oxygen atoms in total. The van der Waals surface area contributed by atoms with Crippen LogP contribution in [0.2, 0.25) is 0 Å². The molecule has 0 spiro atoms. The fourth-order valence-corrected chi connectivity index (χ4v) is 5.81. The number of hydrogen-bond donors (Lipinski definition) is 0. The molecule has 1 saturated heterocycles. The van der Waals surface area contributed by atoms with E-state index in [9.17, 15) is 9.36 Å². The second-order valence-corrected chi connectivity index (χ2v) is 8.36. The Morgan fingerprint density at radius 3 is 2.29 bits per heavy atom. The molecular weight excluding hydrogens is 323 g/mol. The minimum Gasteiger partial charge on any atom is -0.429 e. The Bertz CT molecular complexity index is 844. The average Bonchev–Trinajstić information content (AvgIpc) is 2.62. The van der Waals surface area contributed by atoms with Gasteiger partial charge in [0.1, 0.15) is 5.75 Å². The Labute approximate surface area is 141 Å². The molecule has 2 aliphatic rings. The molecule has 124 valence electrons. The SMILES string of the molecule is CC(=O)N1CCN(P2(=O)Oc3ccccc3-c3ccccc32)CC1. The molecule has 0 saturated carbocycles. The minimum absolute atomic E-state index is 0.0586. The van der Waals surface area contributed by atoms with Crippen molar-refractivity contribution < 1.29 is 13.9 Å². The maximum Gasteiger partial charge on any atom is 0.350 e. The summed E-state index contributed by atoms with van der Waals surface area (Å²) in [5, 5.41) is 0.750. The van der Waals surface area contributed by atoms with Crippen molar-refractivity contribution in [2.45, 2.75) is 6.92 Å². The molecule has 2 heterocycles. The summed E-state index contributed by atoms with van der Waals surface area (Å²) >= 11 is 0. The normalized spacial score (nSPS) is 23.1. The zero-order chi connectivity index (χ0) is 16.7. The van der Waals surface area contributed by atoms with Crippen molar-refractivity contribution in [2.24, 2.45) is 0 Å². The van der Waals surface area contributed by atoms with Crippen LogP contribution in [0, 0.1) is 0 Å². The van der Waals surface area contributed by atoms with Crippen LogP contribution in [0.15, 0.2) is 48.5 Å². The van der Waals surface area contributed by atoms with Crippen LogP contribution in [0.1, 0.15) is 6.92 Å². The average molecular weight is 342 g/mol. The van der Waals surface area contributed by atoms with Crippen LogP contribution in [-0.4, -0.2) is 41.7 Å². The molecule has 6 heteroatoms. The van der Waals surface area contributed by atoms with Crippen molar-refractivity contribution in [3.63, 3.8) is 0 Å². The third kappa shape index (κ3) is 2.36. The van der Waals surface area contributed by atoms with Crippen LogP contribution in [0.5, 0.6) is 5.75 Å². The predicted octanol–water partition coefficient (Wildman–Crippen LogP) is 2.73. The highest BCUT2D eigenvalue weighted by molar-refractivity contribution is 7.65. The van der Waals surface area contributed by atoms with E-state index >= 15 is 0 Å². The number of fused-ring (bicyclic) bond motifs is 3. The molecule has 0 aliphatic carbocycles. The number of para-hydroxylation sites is 1. The number of rotatable bonds is 1. The summed E-state index contributed by atoms with van der Waals surface area (Å²) in [4.78, 5) is 13.3. The molecule has 2 aliphatic heterocycles. The Morgan fingerprint density at radius 2 is 1.58 bits per heavy atom. The van der Waals surface area contributed by atoms with Gasteiger partial charge in [0.25, 0.3) is 0 Å². The van der Waals surface area contributed by atoms with Crippen LogP contribution in [0.4, 0.5) is 0 Å². The van der Waals surface area contributed by atoms with Crippen LogP contribution >= 0.6 is 7.52 Å². The Hall–Kier alpha value is -2.10. The van der Waals surface area contributed by atoms with Gasteiger partial charge in [0.2, 0.25) is 5.91 Å². The van der Waals surface area contributed by atoms with E-state index in [1.807, 2.05) is 53.2 Å². The van der Waals surface area contributed by atoms with Gasteiger partial charge in [-0.1, -0.05) is 36.4 Å². The van der Waals surface area contributed by atoms with E-state index < -0.39 is 7.52 Å². The van der Waals surface area contributed by atoms with Crippen LogP contribution < -0.4 is 9.83 Å². The summed E-state index contributed by atoms with van der Waals surface area (Å²) in [6.45, 7) is 3.82. The molecule has 1 amide bonds. The molecule has 4 rings (SSSR count). The molecule has 2 aromatic carbocycles. The molecule has 1 unspecified atom stereocenters. The molecule has 1 fully saturated rings. The van der Waals surface area contributed by atoms with Crippen molar-refractivity contribution in [3.05, 3.63) is 48.5 Å². The van der Waals surface area contributed by atoms with Gasteiger partial charge in [0.15, 0.2) is 0 Å². The topological polar surface area (TPSA) is 49.9 Å². The van der Waals surface area contributed by atoms with E-state index in [0.717, 1.165) is 16.4 Å². The van der Waals surface area contributed by atoms with Gasteiger partial charge in [-0.05, 0) is 12.1 Å². The number of amides is 1. The van der Waals surface area contributed by atoms with Gasteiger partial charge in [0.05, 0.1) is 5.30 Å². The highest BCUT2D eigenvalue weighted by Gasteiger charge is 2.42. The van der Waals surface area contributed by atoms with Gasteiger partial charge in [0, 0.05) is 44.2 Å². The van der Waals surface area contributed by atoms with Crippen molar-refractivity contribution in [2.75, 3.05) is 26.2 Å². The number of piperazine rings is 1. The highest BCUT2D eigenvalue weighted by atomic mass is 31.2. The second kappa shape index (κ2) is 5.76. The van der Waals surface area contributed by atoms with Gasteiger partial charge in [-0.25, -0.2) is 4.67 Å². The number of carbonyl (C=O) groups excluding carboxylic acids is 1. The summed E-state index contributed by atoms with van der Waals surface area (Å²) in [5.74, 6) is 0.719. The Balaban J connectivity index is 1.74. The maximum absolute atomic E-state index is 13.9. The zero-order valence-corrected chi connectivity index (χ0v) is 14.4. The van der Waals surface area contributed by atoms with Gasteiger partial charge < -0.3 is 9.42 Å². The summed E-state index contributed by atoms with van der Waals surface area (Å²) < 4.78 is 21.8. The van der Waals surface area contributed by atoms with Crippen LogP contribution in [0.3, 0.4) is 0 Å². The third-order valence-electron chi connectivity index (χ3n) is 4.68. The van der Waals surface area contributed by atoms with Crippen molar-refractivity contribution in [3.8, 4) is 16.9 Å². The van der Waals surface area contributed by atoms with E-state index in [2.05, 4.69) is 0 Å². The van der Waals surface area contributed by atoms with Crippen molar-refractivity contribution in [1.82, 2.24) is 9.57 Å². The molecule has 0 N–H and O–H groups in total. The van der Waals surface area contributed by atoms with Gasteiger partial charge in [-0.2, -0.15) is 0 Å². The first-order chi connectivity index (χ1) is 11.6. The van der Waals surface area contributed by atoms with E-state index in [-0.39, 0.29) is 5.91 Å². The largest absolute Gasteiger partial charge is 0.429 e. The standard InChI is InChI=1S/C18H19N2O3P/c1-14(21)19-10-12-20(13-11-19)24(22)18-9-5-3-7-16(18)15-6-2-4-8-17(15)23-24/h2-9H,10-13H2,1H3. The smallest absolute Gasteiger partial charge is 0.350 e. The molecule has 0 bridgehead atoms. The summed E-state index contributed by atoms with van der Waals surface area (Å²) in [6, 6.07) is 15.5. The molecular formula is C18H19N2O3P. The molecule has 0 radical (unpaired) electrons. The van der Waals surface area contributed by atoms with Gasteiger partial charge in [-0.15, -0.1) is 0 Å². The lowest BCUT2D eigenvalue weighted by Crippen LogP contribution is -2.48.